The highest BCUT2D eigenvalue weighted by Crippen LogP contribution is 2.35. The monoisotopic (exact) mass is 546 g/mol. The highest BCUT2D eigenvalue weighted by atomic mass is 32.2. The third kappa shape index (κ3) is 5.83. The number of ether oxygens (including phenoxy) is 1. The van der Waals surface area contributed by atoms with E-state index in [0.717, 1.165) is 18.4 Å². The molecule has 10 nitrogen and oxygen atoms in total. The van der Waals surface area contributed by atoms with Crippen molar-refractivity contribution in [3.8, 4) is 17.1 Å². The van der Waals surface area contributed by atoms with E-state index in [1.807, 2.05) is 38.1 Å². The summed E-state index contributed by atoms with van der Waals surface area (Å²) in [5.41, 5.74) is 9.31. The van der Waals surface area contributed by atoms with E-state index in [2.05, 4.69) is 26.1 Å². The van der Waals surface area contributed by atoms with Gasteiger partial charge in [0.15, 0.2) is 5.03 Å². The van der Waals surface area contributed by atoms with E-state index in [-0.39, 0.29) is 35.8 Å². The number of fused-ring (bicyclic) bond motifs is 1. The third-order valence-corrected chi connectivity index (χ3v) is 7.45. The van der Waals surface area contributed by atoms with Crippen LogP contribution in [-0.2, 0) is 16.4 Å². The average molecular weight is 547 g/mol. The molecule has 1 unspecified atom stereocenters. The van der Waals surface area contributed by atoms with Crippen LogP contribution in [0.25, 0.3) is 11.3 Å². The Morgan fingerprint density at radius 3 is 2.62 bits per heavy atom. The Morgan fingerprint density at radius 1 is 1.05 bits per heavy atom. The largest absolute Gasteiger partial charge is 0.475 e. The number of hydrogen-bond donors (Lipinski definition) is 3. The lowest BCUT2D eigenvalue weighted by Gasteiger charge is -2.18. The van der Waals surface area contributed by atoms with Gasteiger partial charge in [0.25, 0.3) is 15.9 Å². The van der Waals surface area contributed by atoms with Gasteiger partial charge in [-0.05, 0) is 68.1 Å². The molecule has 0 aliphatic heterocycles. The van der Waals surface area contributed by atoms with Gasteiger partial charge in [0.2, 0.25) is 5.88 Å². The molecule has 1 atom stereocenters. The fraction of sp³-hybridized carbons (Fsp3) is 0.214. The van der Waals surface area contributed by atoms with Gasteiger partial charge < -0.3 is 15.8 Å². The maximum atomic E-state index is 13.3. The first kappa shape index (κ1) is 26.1. The molecule has 0 spiro atoms. The predicted molar refractivity (Wildman–Crippen MR) is 150 cm³/mol. The molecule has 3 aromatic heterocycles. The molecule has 0 saturated heterocycles. The van der Waals surface area contributed by atoms with Crippen LogP contribution in [-0.4, -0.2) is 35.4 Å². The maximum absolute atomic E-state index is 13.3. The number of hydrogen-bond acceptors (Lipinski definition) is 9. The summed E-state index contributed by atoms with van der Waals surface area (Å²) < 4.78 is 33.5. The van der Waals surface area contributed by atoms with Crippen molar-refractivity contribution in [2.45, 2.75) is 43.9 Å². The lowest BCUT2D eigenvalue weighted by molar-refractivity contribution is 0.0981. The Balaban J connectivity index is 0.00000370. The number of carbonyl (C=O) groups is 1. The topological polar surface area (TPSA) is 149 Å². The minimum atomic E-state index is -4.27. The molecular formula is C28H30N6O4S. The molecule has 0 radical (unpaired) electrons. The quantitative estimate of drug-likeness (QED) is 0.293. The molecule has 0 saturated carbocycles. The number of rotatable bonds is 8. The van der Waals surface area contributed by atoms with Crippen LogP contribution in [0.4, 0.5) is 11.6 Å². The highest BCUT2D eigenvalue weighted by Gasteiger charge is 2.27. The molecule has 39 heavy (non-hydrogen) atoms. The van der Waals surface area contributed by atoms with E-state index < -0.39 is 15.9 Å². The van der Waals surface area contributed by atoms with E-state index in [1.165, 1.54) is 23.8 Å². The summed E-state index contributed by atoms with van der Waals surface area (Å²) in [5.74, 6) is -0.0705. The van der Waals surface area contributed by atoms with Crippen LogP contribution in [0.2, 0.25) is 0 Å². The molecule has 4 N–H and O–H groups in total. The minimum Gasteiger partial charge on any atom is -0.475 e. The smallest absolute Gasteiger partial charge is 0.281 e. The zero-order valence-corrected chi connectivity index (χ0v) is 22.3. The Kier molecular flexibility index (Phi) is 7.16. The summed E-state index contributed by atoms with van der Waals surface area (Å²) >= 11 is 0. The van der Waals surface area contributed by atoms with Crippen molar-refractivity contribution in [3.63, 3.8) is 0 Å². The number of amides is 1. The summed E-state index contributed by atoms with van der Waals surface area (Å²) in [6.45, 7) is 3.84. The molecule has 11 heteroatoms. The van der Waals surface area contributed by atoms with Crippen LogP contribution in [0.3, 0.4) is 0 Å². The molecule has 1 aliphatic rings. The van der Waals surface area contributed by atoms with Crippen molar-refractivity contribution < 1.29 is 19.4 Å². The van der Waals surface area contributed by atoms with Crippen molar-refractivity contribution >= 4 is 27.6 Å². The first-order chi connectivity index (χ1) is 18.7. The predicted octanol–water partition coefficient (Wildman–Crippen LogP) is 4.37. The van der Waals surface area contributed by atoms with E-state index >= 15 is 0 Å². The summed E-state index contributed by atoms with van der Waals surface area (Å²) in [4.78, 5) is 26.2. The van der Waals surface area contributed by atoms with Gasteiger partial charge >= 0.3 is 0 Å². The van der Waals surface area contributed by atoms with Crippen LogP contribution in [0.15, 0.2) is 78.0 Å². The van der Waals surface area contributed by atoms with Gasteiger partial charge in [-0.2, -0.15) is 8.42 Å². The molecule has 0 bridgehead atoms. The molecule has 202 valence electrons. The van der Waals surface area contributed by atoms with Crippen molar-refractivity contribution in [1.82, 2.24) is 19.7 Å². The van der Waals surface area contributed by atoms with Crippen LogP contribution >= 0.6 is 0 Å². The lowest BCUT2D eigenvalue weighted by atomic mass is 10.1. The minimum absolute atomic E-state index is 0. The van der Waals surface area contributed by atoms with Gasteiger partial charge in [-0.15, -0.1) is 0 Å². The van der Waals surface area contributed by atoms with Crippen LogP contribution in [0, 0.1) is 0 Å². The summed E-state index contributed by atoms with van der Waals surface area (Å²) in [5, 5.41) is 3.03. The second kappa shape index (κ2) is 10.7. The number of nitrogens with one attached hydrogen (secondary N) is 2. The Bertz CT molecular complexity index is 1630. The summed E-state index contributed by atoms with van der Waals surface area (Å²) in [6.07, 6.45) is 3.32. The van der Waals surface area contributed by atoms with Gasteiger partial charge in [-0.25, -0.2) is 19.7 Å². The number of nitrogens with two attached hydrogens (primary N) is 1. The highest BCUT2D eigenvalue weighted by molar-refractivity contribution is 7.90. The number of sulfonamides is 1. The second-order valence-electron chi connectivity index (χ2n) is 9.41. The summed E-state index contributed by atoms with van der Waals surface area (Å²) in [7, 11) is -4.27. The maximum Gasteiger partial charge on any atom is 0.281 e. The number of nitrogens with zero attached hydrogens (tertiary/aromatic N) is 3. The number of aromatic nitrogens is 3. The van der Waals surface area contributed by atoms with Gasteiger partial charge in [-0.3, -0.25) is 4.79 Å². The first-order valence-corrected chi connectivity index (χ1v) is 14.0. The van der Waals surface area contributed by atoms with Crippen LogP contribution in [0.5, 0.6) is 5.88 Å². The summed E-state index contributed by atoms with van der Waals surface area (Å²) in [6, 6.07) is 18.9. The van der Waals surface area contributed by atoms with Crippen molar-refractivity contribution in [3.05, 3.63) is 89.6 Å². The number of aryl methyl sites for hydroxylation is 1. The fourth-order valence-corrected chi connectivity index (χ4v) is 5.38. The Morgan fingerprint density at radius 2 is 1.87 bits per heavy atom. The molecule has 1 amide bonds. The zero-order valence-electron chi connectivity index (χ0n) is 21.5. The number of nitrogen functional groups attached to an aromatic ring is 1. The number of carbonyl (C=O) groups excluding carboxylic acids is 1. The standard InChI is InChI=1S/C28H28N6O4S.H2/c1-17(2)38-25-15-11-19(16-30-25)22-14-12-21(28(35)34-39(36,37)26-9-5-8-24(29)33-26)27(31-22)32-23-13-10-18-6-3-4-7-20(18)23;/h3-9,11-12,14-17,23H,10,13H2,1-2H3,(H2,29,33)(H,31,32)(H,34,35);1H. The van der Waals surface area contributed by atoms with E-state index in [1.54, 1.807) is 24.4 Å². The second-order valence-corrected chi connectivity index (χ2v) is 11.0. The molecule has 1 aromatic carbocycles. The van der Waals surface area contributed by atoms with Gasteiger partial charge in [0, 0.05) is 19.3 Å². The molecule has 1 aliphatic carbocycles. The van der Waals surface area contributed by atoms with E-state index in [0.29, 0.717) is 17.1 Å². The normalized spacial score (nSPS) is 14.6. The number of anilines is 2. The van der Waals surface area contributed by atoms with Crippen molar-refractivity contribution in [1.29, 1.82) is 0 Å². The Labute approximate surface area is 228 Å². The number of benzene rings is 1. The molecule has 4 aromatic rings. The van der Waals surface area contributed by atoms with Gasteiger partial charge in [-0.1, -0.05) is 30.3 Å². The van der Waals surface area contributed by atoms with E-state index in [4.69, 9.17) is 15.5 Å². The fourth-order valence-electron chi connectivity index (χ4n) is 4.44. The molecule has 5 rings (SSSR count). The first-order valence-electron chi connectivity index (χ1n) is 12.5. The number of pyridine rings is 3. The van der Waals surface area contributed by atoms with Gasteiger partial charge in [0.05, 0.1) is 23.4 Å². The molecule has 3 heterocycles. The van der Waals surface area contributed by atoms with Crippen molar-refractivity contribution in [2.24, 2.45) is 0 Å². The SMILES string of the molecule is CC(C)Oc1ccc(-c2ccc(C(=O)NS(=O)(=O)c3cccc(N)n3)c(NC3CCc4ccccc43)n2)cn1.[HH]. The molecule has 0 fully saturated rings. The van der Waals surface area contributed by atoms with Gasteiger partial charge in [0.1, 0.15) is 11.6 Å². The average Bonchev–Trinajstić information content (AvgIpc) is 3.31. The third-order valence-electron chi connectivity index (χ3n) is 6.22. The Hall–Kier alpha value is -4.51. The van der Waals surface area contributed by atoms with Crippen LogP contribution < -0.4 is 20.5 Å². The van der Waals surface area contributed by atoms with Crippen molar-refractivity contribution in [2.75, 3.05) is 11.1 Å². The molecular weight excluding hydrogens is 516 g/mol. The van der Waals surface area contributed by atoms with E-state index in [9.17, 15) is 13.2 Å². The lowest BCUT2D eigenvalue weighted by Crippen LogP contribution is -2.32. The van der Waals surface area contributed by atoms with Crippen LogP contribution in [0.1, 0.15) is 49.2 Å². The zero-order chi connectivity index (χ0) is 27.6.